The van der Waals surface area contributed by atoms with E-state index >= 15 is 0 Å². The molecule has 1 aromatic heterocycles. The van der Waals surface area contributed by atoms with Crippen molar-refractivity contribution in [2.45, 2.75) is 33.1 Å². The zero-order valence-corrected chi connectivity index (χ0v) is 15.8. The van der Waals surface area contributed by atoms with Crippen LogP contribution in [0.5, 0.6) is 0 Å². The van der Waals surface area contributed by atoms with Crippen molar-refractivity contribution in [2.75, 3.05) is 26.3 Å². The minimum Gasteiger partial charge on any atom is -0.481 e. The molecule has 1 aliphatic rings. The SMILES string of the molecule is Cc1nn(-c2ccc(C(=O)N3CCCOCC3)cc2)c(C)c1CCC(=O)O. The first-order valence-corrected chi connectivity index (χ1v) is 9.21. The molecule has 2 heterocycles. The molecule has 27 heavy (non-hydrogen) atoms. The second kappa shape index (κ2) is 8.35. The first kappa shape index (κ1) is 19.1. The number of hydrogen-bond acceptors (Lipinski definition) is 4. The van der Waals surface area contributed by atoms with Crippen LogP contribution < -0.4 is 0 Å². The van der Waals surface area contributed by atoms with Crippen LogP contribution in [0.25, 0.3) is 5.69 Å². The first-order valence-electron chi connectivity index (χ1n) is 9.21. The molecule has 144 valence electrons. The lowest BCUT2D eigenvalue weighted by atomic mass is 10.1. The third kappa shape index (κ3) is 4.36. The number of ether oxygens (including phenoxy) is 1. The lowest BCUT2D eigenvalue weighted by molar-refractivity contribution is -0.136. The Morgan fingerprint density at radius 3 is 2.59 bits per heavy atom. The Kier molecular flexibility index (Phi) is 5.91. The number of nitrogens with zero attached hydrogens (tertiary/aromatic N) is 3. The summed E-state index contributed by atoms with van der Waals surface area (Å²) in [6.07, 6.45) is 1.40. The highest BCUT2D eigenvalue weighted by Gasteiger charge is 2.18. The molecule has 0 saturated carbocycles. The summed E-state index contributed by atoms with van der Waals surface area (Å²) in [5, 5.41) is 13.5. The third-order valence-electron chi connectivity index (χ3n) is 4.90. The van der Waals surface area contributed by atoms with Crippen LogP contribution in [-0.2, 0) is 16.0 Å². The average Bonchev–Trinajstić information content (AvgIpc) is 2.84. The zero-order chi connectivity index (χ0) is 19.4. The Morgan fingerprint density at radius 1 is 1.15 bits per heavy atom. The quantitative estimate of drug-likeness (QED) is 0.872. The summed E-state index contributed by atoms with van der Waals surface area (Å²) in [4.78, 5) is 25.3. The fourth-order valence-corrected chi connectivity index (χ4v) is 3.40. The highest BCUT2D eigenvalue weighted by Crippen LogP contribution is 2.20. The van der Waals surface area contributed by atoms with Gasteiger partial charge < -0.3 is 14.7 Å². The molecule has 0 atom stereocenters. The Morgan fingerprint density at radius 2 is 1.89 bits per heavy atom. The number of aryl methyl sites for hydroxylation is 1. The molecule has 1 N–H and O–H groups in total. The summed E-state index contributed by atoms with van der Waals surface area (Å²) in [6.45, 7) is 6.43. The Hall–Kier alpha value is -2.67. The molecule has 3 rings (SSSR count). The third-order valence-corrected chi connectivity index (χ3v) is 4.90. The fourth-order valence-electron chi connectivity index (χ4n) is 3.40. The van der Waals surface area contributed by atoms with Crippen LogP contribution in [0.1, 0.15) is 40.2 Å². The number of amides is 1. The molecular formula is C20H25N3O4. The molecule has 7 nitrogen and oxygen atoms in total. The maximum atomic E-state index is 12.7. The fraction of sp³-hybridized carbons (Fsp3) is 0.450. The van der Waals surface area contributed by atoms with E-state index in [1.54, 1.807) is 4.68 Å². The van der Waals surface area contributed by atoms with Crippen molar-refractivity contribution < 1.29 is 19.4 Å². The van der Waals surface area contributed by atoms with Gasteiger partial charge in [0.05, 0.1) is 18.0 Å². The van der Waals surface area contributed by atoms with Crippen molar-refractivity contribution in [3.8, 4) is 5.69 Å². The zero-order valence-electron chi connectivity index (χ0n) is 15.8. The van der Waals surface area contributed by atoms with Crippen molar-refractivity contribution in [2.24, 2.45) is 0 Å². The summed E-state index contributed by atoms with van der Waals surface area (Å²) < 4.78 is 7.21. The van der Waals surface area contributed by atoms with Gasteiger partial charge in [0, 0.05) is 37.4 Å². The van der Waals surface area contributed by atoms with E-state index in [-0.39, 0.29) is 12.3 Å². The van der Waals surface area contributed by atoms with Crippen LogP contribution >= 0.6 is 0 Å². The van der Waals surface area contributed by atoms with Gasteiger partial charge >= 0.3 is 5.97 Å². The predicted molar refractivity (Wildman–Crippen MR) is 100 cm³/mol. The predicted octanol–water partition coefficient (Wildman–Crippen LogP) is 2.37. The Bertz CT molecular complexity index is 818. The van der Waals surface area contributed by atoms with Crippen LogP contribution in [-0.4, -0.2) is 58.0 Å². The van der Waals surface area contributed by atoms with E-state index in [9.17, 15) is 9.59 Å². The number of carbonyl (C=O) groups excluding carboxylic acids is 1. The van der Waals surface area contributed by atoms with Crippen molar-refractivity contribution in [1.29, 1.82) is 0 Å². The van der Waals surface area contributed by atoms with Crippen molar-refractivity contribution >= 4 is 11.9 Å². The van der Waals surface area contributed by atoms with Crippen molar-refractivity contribution in [3.63, 3.8) is 0 Å². The van der Waals surface area contributed by atoms with Gasteiger partial charge in [0.1, 0.15) is 0 Å². The number of hydrogen-bond donors (Lipinski definition) is 1. The van der Waals surface area contributed by atoms with Crippen LogP contribution in [0.4, 0.5) is 0 Å². The number of rotatable bonds is 5. The lowest BCUT2D eigenvalue weighted by Gasteiger charge is -2.19. The van der Waals surface area contributed by atoms with E-state index < -0.39 is 5.97 Å². The second-order valence-corrected chi connectivity index (χ2v) is 6.76. The largest absolute Gasteiger partial charge is 0.481 e. The molecule has 1 fully saturated rings. The van der Waals surface area contributed by atoms with Gasteiger partial charge in [-0.2, -0.15) is 5.10 Å². The summed E-state index contributed by atoms with van der Waals surface area (Å²) in [7, 11) is 0. The Labute approximate surface area is 158 Å². The molecule has 0 bridgehead atoms. The standard InChI is InChI=1S/C20H25N3O4/c1-14-18(8-9-19(24)25)15(2)23(21-14)17-6-4-16(5-7-17)20(26)22-10-3-12-27-13-11-22/h4-7H,3,8-13H2,1-2H3,(H,24,25). The Balaban J connectivity index is 1.78. The topological polar surface area (TPSA) is 84.7 Å². The van der Waals surface area contributed by atoms with E-state index in [1.165, 1.54) is 0 Å². The van der Waals surface area contributed by atoms with E-state index in [1.807, 2.05) is 43.0 Å². The van der Waals surface area contributed by atoms with Gasteiger partial charge in [-0.3, -0.25) is 9.59 Å². The summed E-state index contributed by atoms with van der Waals surface area (Å²) in [5.74, 6) is -0.800. The minimum absolute atomic E-state index is 0.0163. The van der Waals surface area contributed by atoms with Crippen molar-refractivity contribution in [3.05, 3.63) is 46.8 Å². The highest BCUT2D eigenvalue weighted by atomic mass is 16.5. The van der Waals surface area contributed by atoms with Gasteiger partial charge in [-0.25, -0.2) is 4.68 Å². The van der Waals surface area contributed by atoms with Gasteiger partial charge in [0.2, 0.25) is 0 Å². The molecule has 1 aromatic carbocycles. The minimum atomic E-state index is -0.816. The van der Waals surface area contributed by atoms with Gasteiger partial charge in [-0.05, 0) is 56.5 Å². The molecule has 0 radical (unpaired) electrons. The van der Waals surface area contributed by atoms with E-state index in [0.717, 1.165) is 29.1 Å². The maximum absolute atomic E-state index is 12.7. The average molecular weight is 371 g/mol. The van der Waals surface area contributed by atoms with Crippen LogP contribution in [0, 0.1) is 13.8 Å². The van der Waals surface area contributed by atoms with Crippen LogP contribution in [0.3, 0.4) is 0 Å². The molecule has 0 aliphatic carbocycles. The molecule has 2 aromatic rings. The number of carboxylic acid groups (broad SMARTS) is 1. The summed E-state index contributed by atoms with van der Waals surface area (Å²) >= 11 is 0. The number of benzene rings is 1. The number of carbonyl (C=O) groups is 2. The van der Waals surface area contributed by atoms with E-state index in [0.29, 0.717) is 38.3 Å². The molecule has 7 heteroatoms. The first-order chi connectivity index (χ1) is 13.0. The molecule has 1 amide bonds. The highest BCUT2D eigenvalue weighted by molar-refractivity contribution is 5.94. The summed E-state index contributed by atoms with van der Waals surface area (Å²) in [5.41, 5.74) is 4.22. The van der Waals surface area contributed by atoms with Crippen LogP contribution in [0.2, 0.25) is 0 Å². The molecule has 1 aliphatic heterocycles. The van der Waals surface area contributed by atoms with Crippen LogP contribution in [0.15, 0.2) is 24.3 Å². The smallest absolute Gasteiger partial charge is 0.303 e. The number of carboxylic acids is 1. The van der Waals surface area contributed by atoms with E-state index in [4.69, 9.17) is 9.84 Å². The molecular weight excluding hydrogens is 346 g/mol. The molecule has 1 saturated heterocycles. The van der Waals surface area contributed by atoms with Crippen molar-refractivity contribution in [1.82, 2.24) is 14.7 Å². The monoisotopic (exact) mass is 371 g/mol. The molecule has 0 unspecified atom stereocenters. The molecule has 0 spiro atoms. The van der Waals surface area contributed by atoms with Gasteiger partial charge in [0.15, 0.2) is 0 Å². The lowest BCUT2D eigenvalue weighted by Crippen LogP contribution is -2.33. The normalized spacial score (nSPS) is 14.8. The number of aromatic nitrogens is 2. The van der Waals surface area contributed by atoms with Gasteiger partial charge in [-0.1, -0.05) is 0 Å². The van der Waals surface area contributed by atoms with E-state index in [2.05, 4.69) is 5.10 Å². The van der Waals surface area contributed by atoms with Gasteiger partial charge in [0.25, 0.3) is 5.91 Å². The summed E-state index contributed by atoms with van der Waals surface area (Å²) in [6, 6.07) is 7.39. The second-order valence-electron chi connectivity index (χ2n) is 6.76. The van der Waals surface area contributed by atoms with Gasteiger partial charge in [-0.15, -0.1) is 0 Å². The number of aliphatic carboxylic acids is 1. The maximum Gasteiger partial charge on any atom is 0.303 e.